The van der Waals surface area contributed by atoms with Gasteiger partial charge < -0.3 is 28.8 Å². The van der Waals surface area contributed by atoms with Crippen LogP contribution in [-0.4, -0.2) is 68.5 Å². The molecule has 0 aromatic heterocycles. The third-order valence-corrected chi connectivity index (χ3v) is 11.1. The van der Waals surface area contributed by atoms with Gasteiger partial charge in [0.25, 0.3) is 7.82 Å². The average molecular weight is 797 g/mol. The number of nitrogens with zero attached hydrogens (tertiary/aromatic N) is 1. The first-order chi connectivity index (χ1) is 26.5. The lowest BCUT2D eigenvalue weighted by atomic mass is 10.0. The second-order valence-electron chi connectivity index (χ2n) is 16.8. The SMILES string of the molecule is CCCCC/C=C\C=C/CCCCCCCCCCCCC(=O)NC(COP(=O)([O-])OCC[N+](C)(C)C)C(O)/C=C/CCCCCCCCCCCCCC. The number of aliphatic hydroxyl groups is 1. The molecule has 0 radical (unpaired) electrons. The van der Waals surface area contributed by atoms with Crippen LogP contribution in [0.5, 0.6) is 0 Å². The fourth-order valence-corrected chi connectivity index (χ4v) is 7.16. The molecule has 2 N–H and O–H groups in total. The van der Waals surface area contributed by atoms with E-state index in [4.69, 9.17) is 9.05 Å². The molecule has 0 saturated carbocycles. The summed E-state index contributed by atoms with van der Waals surface area (Å²) in [6.07, 6.45) is 46.1. The number of hydrogen-bond donors (Lipinski definition) is 2. The highest BCUT2D eigenvalue weighted by molar-refractivity contribution is 7.45. The van der Waals surface area contributed by atoms with E-state index in [1.54, 1.807) is 6.08 Å². The number of hydrogen-bond acceptors (Lipinski definition) is 6. The number of phosphoric ester groups is 1. The Labute approximate surface area is 340 Å². The lowest BCUT2D eigenvalue weighted by molar-refractivity contribution is -0.870. The van der Waals surface area contributed by atoms with Crippen molar-refractivity contribution >= 4 is 13.7 Å². The number of aliphatic hydroxyl groups excluding tert-OH is 1. The summed E-state index contributed by atoms with van der Waals surface area (Å²) in [6.45, 7) is 4.61. The van der Waals surface area contributed by atoms with Gasteiger partial charge in [0, 0.05) is 6.42 Å². The summed E-state index contributed by atoms with van der Waals surface area (Å²) < 4.78 is 23.2. The van der Waals surface area contributed by atoms with Crippen LogP contribution in [0.1, 0.15) is 200 Å². The van der Waals surface area contributed by atoms with Crippen LogP contribution in [0.2, 0.25) is 0 Å². The predicted octanol–water partition coefficient (Wildman–Crippen LogP) is 12.1. The number of likely N-dealkylation sites (N-methyl/N-ethyl adjacent to an activating group) is 1. The first kappa shape index (κ1) is 53.7. The van der Waals surface area contributed by atoms with Gasteiger partial charge in [-0.15, -0.1) is 0 Å². The molecular weight excluding hydrogens is 707 g/mol. The topological polar surface area (TPSA) is 108 Å². The van der Waals surface area contributed by atoms with Gasteiger partial charge in [0.1, 0.15) is 13.2 Å². The molecule has 3 unspecified atom stereocenters. The van der Waals surface area contributed by atoms with Gasteiger partial charge in [0.15, 0.2) is 0 Å². The Hall–Kier alpha value is -1.28. The Morgan fingerprint density at radius 2 is 1.04 bits per heavy atom. The molecule has 0 heterocycles. The Bertz CT molecular complexity index is 995. The van der Waals surface area contributed by atoms with Crippen molar-refractivity contribution in [2.24, 2.45) is 0 Å². The van der Waals surface area contributed by atoms with Crippen molar-refractivity contribution in [1.82, 2.24) is 5.32 Å². The Morgan fingerprint density at radius 1 is 0.636 bits per heavy atom. The van der Waals surface area contributed by atoms with Gasteiger partial charge in [-0.25, -0.2) is 0 Å². The van der Waals surface area contributed by atoms with Crippen LogP contribution in [-0.2, 0) is 18.4 Å². The van der Waals surface area contributed by atoms with E-state index in [0.717, 1.165) is 38.5 Å². The van der Waals surface area contributed by atoms with Crippen LogP contribution < -0.4 is 10.2 Å². The fraction of sp³-hybridized carbons (Fsp3) is 0.848. The fourth-order valence-electron chi connectivity index (χ4n) is 6.44. The zero-order chi connectivity index (χ0) is 40.7. The molecule has 0 saturated heterocycles. The average Bonchev–Trinajstić information content (AvgIpc) is 3.13. The van der Waals surface area contributed by atoms with Gasteiger partial charge in [-0.3, -0.25) is 9.36 Å². The lowest BCUT2D eigenvalue weighted by Crippen LogP contribution is -2.45. The summed E-state index contributed by atoms with van der Waals surface area (Å²) in [6, 6.07) is -0.886. The van der Waals surface area contributed by atoms with E-state index >= 15 is 0 Å². The summed E-state index contributed by atoms with van der Waals surface area (Å²) >= 11 is 0. The maximum absolute atomic E-state index is 12.9. The van der Waals surface area contributed by atoms with Crippen molar-refractivity contribution in [3.05, 3.63) is 36.5 Å². The Balaban J connectivity index is 4.38. The maximum atomic E-state index is 12.9. The highest BCUT2D eigenvalue weighted by Crippen LogP contribution is 2.38. The van der Waals surface area contributed by atoms with Crippen molar-refractivity contribution in [2.45, 2.75) is 212 Å². The number of carbonyl (C=O) groups excluding carboxylic acids is 1. The van der Waals surface area contributed by atoms with E-state index in [1.165, 1.54) is 141 Å². The van der Waals surface area contributed by atoms with Crippen molar-refractivity contribution in [1.29, 1.82) is 0 Å². The Kier molecular flexibility index (Phi) is 37.4. The highest BCUT2D eigenvalue weighted by Gasteiger charge is 2.23. The van der Waals surface area contributed by atoms with Crippen molar-refractivity contribution < 1.29 is 32.9 Å². The molecule has 0 aliphatic rings. The number of nitrogens with one attached hydrogen (secondary N) is 1. The standard InChI is InChI=1S/C46H89N2O6P/c1-6-8-10-12-14-16-18-20-22-23-24-25-26-28-30-32-34-36-38-40-46(50)47-44(43-54-55(51,52)53-42-41-48(3,4)5)45(49)39-37-35-33-31-29-27-21-19-17-15-13-11-9-7-2/h14,16,18,20,37,39,44-45,49H,6-13,15,17,19,21-36,38,40-43H2,1-5H3,(H-,47,50,51,52)/b16-14-,20-18-,39-37+. The molecule has 8 nitrogen and oxygen atoms in total. The minimum atomic E-state index is -4.59. The summed E-state index contributed by atoms with van der Waals surface area (Å²) in [5.41, 5.74) is 0. The van der Waals surface area contributed by atoms with Crippen molar-refractivity contribution in [2.75, 3.05) is 40.9 Å². The molecule has 0 fully saturated rings. The third kappa shape index (κ3) is 40.7. The molecule has 0 bridgehead atoms. The Morgan fingerprint density at radius 3 is 1.51 bits per heavy atom. The summed E-state index contributed by atoms with van der Waals surface area (Å²) in [5.74, 6) is -0.202. The zero-order valence-corrected chi connectivity index (χ0v) is 37.5. The predicted molar refractivity (Wildman–Crippen MR) is 233 cm³/mol. The van der Waals surface area contributed by atoms with Crippen LogP contribution in [0.3, 0.4) is 0 Å². The van der Waals surface area contributed by atoms with Gasteiger partial charge in [-0.2, -0.15) is 0 Å². The number of phosphoric acid groups is 1. The first-order valence-electron chi connectivity index (χ1n) is 22.9. The van der Waals surface area contributed by atoms with Gasteiger partial charge in [0.2, 0.25) is 5.91 Å². The van der Waals surface area contributed by atoms with Gasteiger partial charge in [-0.1, -0.05) is 185 Å². The van der Waals surface area contributed by atoms with E-state index in [-0.39, 0.29) is 19.1 Å². The molecule has 0 aromatic carbocycles. The molecule has 55 heavy (non-hydrogen) atoms. The van der Waals surface area contributed by atoms with E-state index < -0.39 is 20.0 Å². The lowest BCUT2D eigenvalue weighted by Gasteiger charge is -2.29. The van der Waals surface area contributed by atoms with Gasteiger partial charge in [-0.05, 0) is 44.9 Å². The van der Waals surface area contributed by atoms with E-state index in [9.17, 15) is 19.4 Å². The van der Waals surface area contributed by atoms with E-state index in [1.807, 2.05) is 27.2 Å². The molecule has 3 atom stereocenters. The number of allylic oxidation sites excluding steroid dienone is 5. The molecule has 324 valence electrons. The second kappa shape index (κ2) is 38.2. The van der Waals surface area contributed by atoms with Crippen molar-refractivity contribution in [3.63, 3.8) is 0 Å². The van der Waals surface area contributed by atoms with Crippen LogP contribution in [0.4, 0.5) is 0 Å². The van der Waals surface area contributed by atoms with Gasteiger partial charge in [0.05, 0.1) is 39.9 Å². The summed E-state index contributed by atoms with van der Waals surface area (Å²) in [4.78, 5) is 25.3. The first-order valence-corrected chi connectivity index (χ1v) is 24.3. The third-order valence-electron chi connectivity index (χ3n) is 10.1. The minimum Gasteiger partial charge on any atom is -0.756 e. The molecular formula is C46H89N2O6P. The molecule has 0 aromatic rings. The summed E-state index contributed by atoms with van der Waals surface area (Å²) in [7, 11) is 1.26. The highest BCUT2D eigenvalue weighted by atomic mass is 31.2. The molecule has 0 aliphatic carbocycles. The van der Waals surface area contributed by atoms with Gasteiger partial charge >= 0.3 is 0 Å². The molecule has 9 heteroatoms. The number of carbonyl (C=O) groups is 1. The zero-order valence-electron chi connectivity index (χ0n) is 36.6. The largest absolute Gasteiger partial charge is 0.756 e. The number of unbranched alkanes of at least 4 members (excludes halogenated alkanes) is 25. The van der Waals surface area contributed by atoms with Crippen LogP contribution in [0, 0.1) is 0 Å². The van der Waals surface area contributed by atoms with E-state index in [0.29, 0.717) is 17.4 Å². The molecule has 1 amide bonds. The maximum Gasteiger partial charge on any atom is 0.268 e. The second-order valence-corrected chi connectivity index (χ2v) is 18.2. The molecule has 0 rings (SSSR count). The number of quaternary nitrogens is 1. The summed E-state index contributed by atoms with van der Waals surface area (Å²) in [5, 5.41) is 13.8. The molecule has 0 aliphatic heterocycles. The molecule has 0 spiro atoms. The van der Waals surface area contributed by atoms with Crippen LogP contribution in [0.25, 0.3) is 0 Å². The van der Waals surface area contributed by atoms with Crippen LogP contribution >= 0.6 is 7.82 Å². The number of rotatable bonds is 41. The van der Waals surface area contributed by atoms with E-state index in [2.05, 4.69) is 43.5 Å². The monoisotopic (exact) mass is 797 g/mol. The smallest absolute Gasteiger partial charge is 0.268 e. The van der Waals surface area contributed by atoms with Crippen LogP contribution in [0.15, 0.2) is 36.5 Å². The quantitative estimate of drug-likeness (QED) is 0.0210. The normalized spacial score (nSPS) is 14.7. The number of amides is 1. The minimum absolute atomic E-state index is 0.00179. The van der Waals surface area contributed by atoms with Crippen molar-refractivity contribution in [3.8, 4) is 0 Å².